The third kappa shape index (κ3) is 4.19. The molecular weight excluding hydrogens is 354 g/mol. The Balaban J connectivity index is 0.00000243. The number of likely N-dealkylation sites (tertiary alicyclic amines) is 1. The lowest BCUT2D eigenvalue weighted by molar-refractivity contribution is -0.126. The van der Waals surface area contributed by atoms with Gasteiger partial charge in [-0.3, -0.25) is 9.59 Å². The highest BCUT2D eigenvalue weighted by molar-refractivity contribution is 5.96. The van der Waals surface area contributed by atoms with E-state index in [1.54, 1.807) is 11.0 Å². The summed E-state index contributed by atoms with van der Waals surface area (Å²) >= 11 is 0. The Morgan fingerprint density at radius 2 is 2.00 bits per heavy atom. The minimum atomic E-state index is -0.182. The second-order valence-electron chi connectivity index (χ2n) is 6.75. The molecular formula is C19H26ClN3O3. The molecule has 1 fully saturated rings. The molecule has 2 amide bonds. The molecule has 1 atom stereocenters. The first-order chi connectivity index (χ1) is 12.0. The molecule has 2 heterocycles. The number of carbonyl (C=O) groups is 2. The van der Waals surface area contributed by atoms with Crippen LogP contribution in [-0.2, 0) is 4.79 Å². The van der Waals surface area contributed by atoms with Gasteiger partial charge in [0.2, 0.25) is 5.91 Å². The third-order valence-electron chi connectivity index (χ3n) is 4.87. The Hall–Kier alpha value is -2.05. The number of nitrogens with one attached hydrogen (secondary N) is 1. The van der Waals surface area contributed by atoms with Gasteiger partial charge in [0.15, 0.2) is 5.76 Å². The number of amides is 2. The van der Waals surface area contributed by atoms with Crippen LogP contribution in [0.4, 0.5) is 0 Å². The van der Waals surface area contributed by atoms with Gasteiger partial charge in [-0.15, -0.1) is 12.4 Å². The van der Waals surface area contributed by atoms with E-state index in [9.17, 15) is 9.59 Å². The predicted molar refractivity (Wildman–Crippen MR) is 104 cm³/mol. The molecule has 1 aromatic carbocycles. The van der Waals surface area contributed by atoms with E-state index in [1.165, 1.54) is 5.56 Å². The van der Waals surface area contributed by atoms with Crippen molar-refractivity contribution in [2.24, 2.45) is 11.7 Å². The molecule has 1 aliphatic rings. The summed E-state index contributed by atoms with van der Waals surface area (Å²) in [6.07, 6.45) is 1.60. The molecule has 26 heavy (non-hydrogen) atoms. The second-order valence-corrected chi connectivity index (χ2v) is 6.75. The van der Waals surface area contributed by atoms with Crippen molar-refractivity contribution in [1.82, 2.24) is 10.2 Å². The molecule has 0 saturated carbocycles. The molecule has 2 aromatic rings. The first-order valence-corrected chi connectivity index (χ1v) is 8.77. The van der Waals surface area contributed by atoms with Crippen LogP contribution in [-0.4, -0.2) is 42.9 Å². The van der Waals surface area contributed by atoms with Crippen LogP contribution in [0.2, 0.25) is 0 Å². The first-order valence-electron chi connectivity index (χ1n) is 8.77. The van der Waals surface area contributed by atoms with E-state index >= 15 is 0 Å². The van der Waals surface area contributed by atoms with E-state index in [4.69, 9.17) is 10.2 Å². The van der Waals surface area contributed by atoms with Crippen molar-refractivity contribution >= 4 is 35.2 Å². The van der Waals surface area contributed by atoms with Crippen LogP contribution >= 0.6 is 12.4 Å². The van der Waals surface area contributed by atoms with Crippen molar-refractivity contribution < 1.29 is 14.0 Å². The average Bonchev–Trinajstić information content (AvgIpc) is 3.02. The number of carbonyl (C=O) groups excluding carboxylic acids is 2. The van der Waals surface area contributed by atoms with Crippen LogP contribution in [0.5, 0.6) is 0 Å². The summed E-state index contributed by atoms with van der Waals surface area (Å²) in [5, 5.41) is 3.74. The number of hydrogen-bond donors (Lipinski definition) is 2. The highest BCUT2D eigenvalue weighted by Crippen LogP contribution is 2.25. The van der Waals surface area contributed by atoms with Crippen LogP contribution in [0, 0.1) is 19.8 Å². The molecule has 7 heteroatoms. The van der Waals surface area contributed by atoms with Gasteiger partial charge in [-0.25, -0.2) is 0 Å². The summed E-state index contributed by atoms with van der Waals surface area (Å²) in [5.41, 5.74) is 8.45. The fraction of sp³-hybridized carbons (Fsp3) is 0.474. The minimum Gasteiger partial charge on any atom is -0.451 e. The predicted octanol–water partition coefficient (Wildman–Crippen LogP) is 2.40. The summed E-state index contributed by atoms with van der Waals surface area (Å²) in [7, 11) is 0. The summed E-state index contributed by atoms with van der Waals surface area (Å²) in [4.78, 5) is 26.7. The number of benzene rings is 1. The van der Waals surface area contributed by atoms with Gasteiger partial charge in [0.05, 0.1) is 5.92 Å². The second kappa shape index (κ2) is 8.56. The fourth-order valence-electron chi connectivity index (χ4n) is 3.28. The lowest BCUT2D eigenvalue weighted by Crippen LogP contribution is -2.46. The van der Waals surface area contributed by atoms with Gasteiger partial charge in [-0.1, -0.05) is 0 Å². The minimum absolute atomic E-state index is 0. The largest absolute Gasteiger partial charge is 0.451 e. The van der Waals surface area contributed by atoms with Crippen LogP contribution in [0.15, 0.2) is 22.6 Å². The van der Waals surface area contributed by atoms with Gasteiger partial charge < -0.3 is 20.4 Å². The van der Waals surface area contributed by atoms with Crippen molar-refractivity contribution in [3.05, 3.63) is 35.1 Å². The Morgan fingerprint density at radius 1 is 1.27 bits per heavy atom. The number of hydrogen-bond acceptors (Lipinski definition) is 4. The van der Waals surface area contributed by atoms with Crippen molar-refractivity contribution in [3.8, 4) is 0 Å². The van der Waals surface area contributed by atoms with Gasteiger partial charge in [0.1, 0.15) is 5.58 Å². The molecule has 0 spiro atoms. The highest BCUT2D eigenvalue weighted by atomic mass is 35.5. The van der Waals surface area contributed by atoms with Crippen LogP contribution in [0.1, 0.15) is 34.5 Å². The number of halogens is 1. The van der Waals surface area contributed by atoms with E-state index in [0.29, 0.717) is 31.9 Å². The molecule has 0 bridgehead atoms. The van der Waals surface area contributed by atoms with Gasteiger partial charge in [-0.05, 0) is 56.0 Å². The monoisotopic (exact) mass is 379 g/mol. The number of fused-ring (bicyclic) bond motifs is 1. The zero-order valence-electron chi connectivity index (χ0n) is 15.2. The Kier molecular flexibility index (Phi) is 6.67. The summed E-state index contributed by atoms with van der Waals surface area (Å²) in [6, 6.07) is 5.78. The third-order valence-corrected chi connectivity index (χ3v) is 4.87. The molecule has 0 aliphatic carbocycles. The maximum atomic E-state index is 12.8. The van der Waals surface area contributed by atoms with E-state index in [-0.39, 0.29) is 30.1 Å². The van der Waals surface area contributed by atoms with Crippen LogP contribution in [0.25, 0.3) is 11.0 Å². The number of nitrogens with zero attached hydrogens (tertiary/aromatic N) is 1. The molecule has 1 unspecified atom stereocenters. The Bertz CT molecular complexity index is 764. The number of aryl methyl sites for hydroxylation is 2. The van der Waals surface area contributed by atoms with E-state index < -0.39 is 0 Å². The van der Waals surface area contributed by atoms with Gasteiger partial charge >= 0.3 is 0 Å². The fourth-order valence-corrected chi connectivity index (χ4v) is 3.28. The molecule has 3 N–H and O–H groups in total. The lowest BCUT2D eigenvalue weighted by Gasteiger charge is -2.31. The van der Waals surface area contributed by atoms with Crippen molar-refractivity contribution in [3.63, 3.8) is 0 Å². The zero-order chi connectivity index (χ0) is 18.0. The van der Waals surface area contributed by atoms with Gasteiger partial charge in [0.25, 0.3) is 5.91 Å². The number of rotatable bonds is 4. The standard InChI is InChI=1S/C19H25N3O3.ClH/c1-12-8-15-10-17(25-16(15)9-13(12)2)19(24)22-7-3-4-14(11-22)18(23)21-6-5-20;/h8-10,14H,3-7,11,20H2,1-2H3,(H,21,23);1H. The van der Waals surface area contributed by atoms with Gasteiger partial charge in [0, 0.05) is 31.6 Å². The van der Waals surface area contributed by atoms with E-state index in [2.05, 4.69) is 5.32 Å². The molecule has 1 aromatic heterocycles. The van der Waals surface area contributed by atoms with Crippen LogP contribution < -0.4 is 11.1 Å². The Labute approximate surface area is 159 Å². The maximum absolute atomic E-state index is 12.8. The molecule has 142 valence electrons. The Morgan fingerprint density at radius 3 is 2.73 bits per heavy atom. The number of nitrogens with two attached hydrogens (primary N) is 1. The molecule has 3 rings (SSSR count). The van der Waals surface area contributed by atoms with Gasteiger partial charge in [-0.2, -0.15) is 0 Å². The summed E-state index contributed by atoms with van der Waals surface area (Å²) in [5.74, 6) is -0.0252. The lowest BCUT2D eigenvalue weighted by atomic mass is 9.97. The van der Waals surface area contributed by atoms with E-state index in [1.807, 2.05) is 26.0 Å². The van der Waals surface area contributed by atoms with Crippen LogP contribution in [0.3, 0.4) is 0 Å². The zero-order valence-corrected chi connectivity index (χ0v) is 16.0. The number of furan rings is 1. The highest BCUT2D eigenvalue weighted by Gasteiger charge is 2.30. The maximum Gasteiger partial charge on any atom is 0.289 e. The quantitative estimate of drug-likeness (QED) is 0.853. The summed E-state index contributed by atoms with van der Waals surface area (Å²) in [6.45, 7) is 6.01. The molecule has 1 aliphatic heterocycles. The first kappa shape index (κ1) is 20.3. The van der Waals surface area contributed by atoms with E-state index in [0.717, 1.165) is 29.4 Å². The number of piperidine rings is 1. The normalized spacial score (nSPS) is 17.0. The SMILES string of the molecule is Cc1cc2cc(C(=O)N3CCCC(C(=O)NCCN)C3)oc2cc1C.Cl. The average molecular weight is 380 g/mol. The van der Waals surface area contributed by atoms with Crippen molar-refractivity contribution in [2.75, 3.05) is 26.2 Å². The van der Waals surface area contributed by atoms with Crippen molar-refractivity contribution in [1.29, 1.82) is 0 Å². The summed E-state index contributed by atoms with van der Waals surface area (Å²) < 4.78 is 5.77. The smallest absolute Gasteiger partial charge is 0.289 e. The molecule has 6 nitrogen and oxygen atoms in total. The molecule has 1 saturated heterocycles. The topological polar surface area (TPSA) is 88.6 Å². The van der Waals surface area contributed by atoms with Crippen molar-refractivity contribution in [2.45, 2.75) is 26.7 Å². The molecule has 0 radical (unpaired) electrons.